The Bertz CT molecular complexity index is 897. The molecule has 1 aliphatic heterocycles. The summed E-state index contributed by atoms with van der Waals surface area (Å²) in [5, 5.41) is 2.51. The van der Waals surface area contributed by atoms with E-state index >= 15 is 0 Å². The highest BCUT2D eigenvalue weighted by atomic mass is 35.5. The number of para-hydroxylation sites is 2. The van der Waals surface area contributed by atoms with Crippen molar-refractivity contribution in [2.24, 2.45) is 0 Å². The molecule has 2 heterocycles. The van der Waals surface area contributed by atoms with Gasteiger partial charge in [-0.2, -0.15) is 0 Å². The number of hydrogen-bond donors (Lipinski definition) is 0. The predicted molar refractivity (Wildman–Crippen MR) is 98.0 cm³/mol. The molecule has 2 aromatic carbocycles. The van der Waals surface area contributed by atoms with Crippen LogP contribution in [-0.4, -0.2) is 17.9 Å². The second-order valence-corrected chi connectivity index (χ2v) is 6.67. The molecule has 1 aliphatic rings. The van der Waals surface area contributed by atoms with Gasteiger partial charge in [0.25, 0.3) is 5.91 Å². The average Bonchev–Trinajstić information content (AvgIpc) is 3.13. The minimum Gasteiger partial charge on any atom is -0.348 e. The van der Waals surface area contributed by atoms with Gasteiger partial charge in [0.15, 0.2) is 6.17 Å². The number of rotatable bonds is 2. The molecule has 6 heteroatoms. The van der Waals surface area contributed by atoms with Crippen LogP contribution in [0.1, 0.15) is 22.2 Å². The van der Waals surface area contributed by atoms with E-state index in [9.17, 15) is 4.79 Å². The Morgan fingerprint density at radius 2 is 1.79 bits per heavy atom. The number of amides is 1. The molecule has 0 aliphatic carbocycles. The lowest BCUT2D eigenvalue weighted by Crippen LogP contribution is -2.48. The maximum absolute atomic E-state index is 13.2. The molecule has 0 unspecified atom stereocenters. The van der Waals surface area contributed by atoms with E-state index in [1.165, 1.54) is 11.3 Å². The number of benzene rings is 2. The van der Waals surface area contributed by atoms with E-state index < -0.39 is 0 Å². The van der Waals surface area contributed by atoms with Crippen LogP contribution in [0.25, 0.3) is 0 Å². The lowest BCUT2D eigenvalue weighted by Gasteiger charge is -2.43. The smallest absolute Gasteiger partial charge is 0.262 e. The van der Waals surface area contributed by atoms with E-state index in [0.717, 1.165) is 11.4 Å². The van der Waals surface area contributed by atoms with Crippen molar-refractivity contribution in [3.05, 3.63) is 75.7 Å². The van der Waals surface area contributed by atoms with Gasteiger partial charge < -0.3 is 4.90 Å². The monoisotopic (exact) mass is 355 g/mol. The number of aromatic nitrogens is 1. The Kier molecular flexibility index (Phi) is 3.75. The summed E-state index contributed by atoms with van der Waals surface area (Å²) in [5.41, 5.74) is 4.84. The Morgan fingerprint density at radius 1 is 1.08 bits per heavy atom. The molecule has 1 atom stereocenters. The molecule has 0 bridgehead atoms. The van der Waals surface area contributed by atoms with Crippen molar-refractivity contribution in [3.8, 4) is 0 Å². The standard InChI is InChI=1S/C18H14ClN3OS/c1-21-15-8-4-2-6-12(15)18(23)22(16-9-5-3-7-13(16)19)17(21)14-10-24-11-20-14/h2-11,17H,1H3/t17-/m0/s1. The molecular weight excluding hydrogens is 342 g/mol. The molecule has 120 valence electrons. The maximum Gasteiger partial charge on any atom is 0.262 e. The van der Waals surface area contributed by atoms with Gasteiger partial charge in [0, 0.05) is 12.4 Å². The average molecular weight is 356 g/mol. The largest absolute Gasteiger partial charge is 0.348 e. The third-order valence-corrected chi connectivity index (χ3v) is 5.10. The van der Waals surface area contributed by atoms with Crippen LogP contribution in [0.2, 0.25) is 5.02 Å². The second kappa shape index (κ2) is 5.92. The Labute approximate surface area is 148 Å². The first-order valence-electron chi connectivity index (χ1n) is 7.46. The van der Waals surface area contributed by atoms with Gasteiger partial charge in [-0.05, 0) is 24.3 Å². The molecule has 0 spiro atoms. The molecule has 4 rings (SSSR count). The first-order valence-corrected chi connectivity index (χ1v) is 8.78. The van der Waals surface area contributed by atoms with Crippen LogP contribution in [-0.2, 0) is 0 Å². The van der Waals surface area contributed by atoms with E-state index in [4.69, 9.17) is 11.6 Å². The highest BCUT2D eigenvalue weighted by molar-refractivity contribution is 7.07. The highest BCUT2D eigenvalue weighted by Crippen LogP contribution is 2.42. The first-order chi connectivity index (χ1) is 11.7. The SMILES string of the molecule is CN1c2ccccc2C(=O)N(c2ccccc2Cl)[C@H]1c1cscn1. The Hall–Kier alpha value is -2.37. The van der Waals surface area contributed by atoms with Crippen LogP contribution < -0.4 is 9.80 Å². The van der Waals surface area contributed by atoms with Gasteiger partial charge in [-0.15, -0.1) is 11.3 Å². The molecular formula is C18H14ClN3OS. The van der Waals surface area contributed by atoms with Gasteiger partial charge in [-0.1, -0.05) is 35.9 Å². The topological polar surface area (TPSA) is 36.4 Å². The van der Waals surface area contributed by atoms with Gasteiger partial charge in [0.2, 0.25) is 0 Å². The number of thiazole rings is 1. The van der Waals surface area contributed by atoms with Crippen molar-refractivity contribution >= 4 is 40.2 Å². The molecule has 0 saturated heterocycles. The van der Waals surface area contributed by atoms with E-state index in [2.05, 4.69) is 9.88 Å². The number of hydrogen-bond acceptors (Lipinski definition) is 4. The molecule has 24 heavy (non-hydrogen) atoms. The molecule has 1 amide bonds. The van der Waals surface area contributed by atoms with E-state index in [1.807, 2.05) is 54.9 Å². The third-order valence-electron chi connectivity index (χ3n) is 4.17. The van der Waals surface area contributed by atoms with Gasteiger partial charge in [-0.3, -0.25) is 9.69 Å². The quantitative estimate of drug-likeness (QED) is 0.674. The fourth-order valence-electron chi connectivity index (χ4n) is 3.08. The molecule has 0 saturated carbocycles. The van der Waals surface area contributed by atoms with Crippen molar-refractivity contribution < 1.29 is 4.79 Å². The molecule has 3 aromatic rings. The third kappa shape index (κ3) is 2.28. The summed E-state index contributed by atoms with van der Waals surface area (Å²) in [4.78, 5) is 21.5. The summed E-state index contributed by atoms with van der Waals surface area (Å²) in [7, 11) is 1.97. The number of halogens is 1. The van der Waals surface area contributed by atoms with Crippen molar-refractivity contribution in [2.75, 3.05) is 16.8 Å². The predicted octanol–water partition coefficient (Wildman–Crippen LogP) is 4.59. The lowest BCUT2D eigenvalue weighted by molar-refractivity contribution is 0.0969. The summed E-state index contributed by atoms with van der Waals surface area (Å²) in [6, 6.07) is 15.0. The lowest BCUT2D eigenvalue weighted by atomic mass is 10.0. The van der Waals surface area contributed by atoms with Crippen molar-refractivity contribution in [1.29, 1.82) is 0 Å². The summed E-state index contributed by atoms with van der Waals surface area (Å²) < 4.78 is 0. The normalized spacial score (nSPS) is 17.1. The molecule has 0 N–H and O–H groups in total. The minimum atomic E-state index is -0.335. The zero-order valence-electron chi connectivity index (χ0n) is 12.9. The van der Waals surface area contributed by atoms with E-state index in [-0.39, 0.29) is 12.1 Å². The zero-order valence-corrected chi connectivity index (χ0v) is 14.5. The maximum atomic E-state index is 13.2. The van der Waals surface area contributed by atoms with Crippen molar-refractivity contribution in [1.82, 2.24) is 4.98 Å². The van der Waals surface area contributed by atoms with Crippen LogP contribution in [0, 0.1) is 0 Å². The number of carbonyl (C=O) groups excluding carboxylic acids is 1. The van der Waals surface area contributed by atoms with E-state index in [0.29, 0.717) is 16.3 Å². The first kappa shape index (κ1) is 15.2. The van der Waals surface area contributed by atoms with Crippen LogP contribution in [0.5, 0.6) is 0 Å². The zero-order chi connectivity index (χ0) is 16.7. The fourth-order valence-corrected chi connectivity index (χ4v) is 3.87. The Balaban J connectivity index is 1.95. The van der Waals surface area contributed by atoms with Gasteiger partial charge in [0.1, 0.15) is 0 Å². The Morgan fingerprint density at radius 3 is 2.50 bits per heavy atom. The van der Waals surface area contributed by atoms with Crippen molar-refractivity contribution in [2.45, 2.75) is 6.17 Å². The van der Waals surface area contributed by atoms with Gasteiger partial charge in [-0.25, -0.2) is 4.98 Å². The molecule has 0 fully saturated rings. The van der Waals surface area contributed by atoms with Gasteiger partial charge in [0.05, 0.1) is 33.2 Å². The molecule has 1 aromatic heterocycles. The van der Waals surface area contributed by atoms with Crippen LogP contribution in [0.4, 0.5) is 11.4 Å². The van der Waals surface area contributed by atoms with Crippen LogP contribution in [0.3, 0.4) is 0 Å². The number of fused-ring (bicyclic) bond motifs is 1. The fraction of sp³-hybridized carbons (Fsp3) is 0.111. The van der Waals surface area contributed by atoms with Gasteiger partial charge >= 0.3 is 0 Å². The van der Waals surface area contributed by atoms with Crippen LogP contribution >= 0.6 is 22.9 Å². The highest BCUT2D eigenvalue weighted by Gasteiger charge is 2.39. The number of carbonyl (C=O) groups is 1. The molecule has 4 nitrogen and oxygen atoms in total. The van der Waals surface area contributed by atoms with E-state index in [1.54, 1.807) is 16.5 Å². The summed E-state index contributed by atoms with van der Waals surface area (Å²) in [6.07, 6.45) is -0.335. The molecule has 0 radical (unpaired) electrons. The number of nitrogens with zero attached hydrogens (tertiary/aromatic N) is 3. The summed E-state index contributed by atoms with van der Waals surface area (Å²) in [6.45, 7) is 0. The number of anilines is 2. The second-order valence-electron chi connectivity index (χ2n) is 5.54. The summed E-state index contributed by atoms with van der Waals surface area (Å²) in [5.74, 6) is -0.0743. The minimum absolute atomic E-state index is 0.0743. The summed E-state index contributed by atoms with van der Waals surface area (Å²) >= 11 is 7.90. The van der Waals surface area contributed by atoms with Crippen molar-refractivity contribution in [3.63, 3.8) is 0 Å². The van der Waals surface area contributed by atoms with Crippen LogP contribution in [0.15, 0.2) is 59.4 Å².